The zero-order valence-electron chi connectivity index (χ0n) is 9.25. The van der Waals surface area contributed by atoms with Crippen LogP contribution in [0.15, 0.2) is 18.2 Å². The minimum Gasteiger partial charge on any atom is -0.508 e. The minimum absolute atomic E-state index is 0.0706. The molecule has 0 aliphatic carbocycles. The summed E-state index contributed by atoms with van der Waals surface area (Å²) in [5.74, 6) is -0.0706. The van der Waals surface area contributed by atoms with Crippen molar-refractivity contribution < 1.29 is 26.7 Å². The number of aromatic hydroxyl groups is 1. The molecular weight excluding hydrogens is 273 g/mol. The van der Waals surface area contributed by atoms with Gasteiger partial charge in [-0.3, -0.25) is 4.72 Å². The van der Waals surface area contributed by atoms with E-state index in [1.807, 2.05) is 4.72 Å². The molecule has 0 amide bonds. The lowest BCUT2D eigenvalue weighted by Gasteiger charge is -2.12. The SMILES string of the molecule is Cc1cc(O)ccc1NS(=O)(=O)NCC(F)(F)F. The van der Waals surface area contributed by atoms with Gasteiger partial charge in [0.2, 0.25) is 0 Å². The Morgan fingerprint density at radius 2 is 1.94 bits per heavy atom. The summed E-state index contributed by atoms with van der Waals surface area (Å²) in [5.41, 5.74) is 0.467. The maximum Gasteiger partial charge on any atom is 0.402 e. The lowest BCUT2D eigenvalue weighted by Crippen LogP contribution is -2.37. The van der Waals surface area contributed by atoms with E-state index < -0.39 is 22.9 Å². The number of benzene rings is 1. The Hall–Kier alpha value is -1.48. The van der Waals surface area contributed by atoms with Crippen molar-refractivity contribution >= 4 is 15.9 Å². The standard InChI is InChI=1S/C9H11F3N2O3S/c1-6-4-7(15)2-3-8(6)14-18(16,17)13-5-9(10,11)12/h2-4,13-15H,5H2,1H3. The van der Waals surface area contributed by atoms with E-state index in [0.29, 0.717) is 5.56 Å². The molecule has 1 aromatic carbocycles. The van der Waals surface area contributed by atoms with Gasteiger partial charge in [0, 0.05) is 0 Å². The molecule has 1 aromatic rings. The molecule has 102 valence electrons. The van der Waals surface area contributed by atoms with Crippen LogP contribution < -0.4 is 9.44 Å². The quantitative estimate of drug-likeness (QED) is 0.733. The first-order chi connectivity index (χ1) is 8.09. The third-order valence-corrected chi connectivity index (χ3v) is 2.93. The maximum atomic E-state index is 11.9. The van der Waals surface area contributed by atoms with Crippen LogP contribution in [0.2, 0.25) is 0 Å². The Bertz CT molecular complexity index is 528. The van der Waals surface area contributed by atoms with E-state index in [9.17, 15) is 21.6 Å². The third-order valence-electron chi connectivity index (χ3n) is 1.92. The Kier molecular flexibility index (Phi) is 4.07. The van der Waals surface area contributed by atoms with Gasteiger partial charge < -0.3 is 5.11 Å². The van der Waals surface area contributed by atoms with E-state index in [1.54, 1.807) is 0 Å². The lowest BCUT2D eigenvalue weighted by molar-refractivity contribution is -0.121. The van der Waals surface area contributed by atoms with Gasteiger partial charge in [-0.25, -0.2) is 0 Å². The Morgan fingerprint density at radius 3 is 2.44 bits per heavy atom. The third kappa shape index (κ3) is 4.80. The summed E-state index contributed by atoms with van der Waals surface area (Å²) in [5, 5.41) is 9.10. The van der Waals surface area contributed by atoms with Crippen molar-refractivity contribution in [3.05, 3.63) is 23.8 Å². The number of phenols is 1. The van der Waals surface area contributed by atoms with Crippen LogP contribution in [-0.2, 0) is 10.2 Å². The van der Waals surface area contributed by atoms with Crippen LogP contribution in [0.4, 0.5) is 18.9 Å². The van der Waals surface area contributed by atoms with E-state index in [0.717, 1.165) is 0 Å². The number of rotatable bonds is 4. The number of aryl methyl sites for hydroxylation is 1. The Labute approximate surface area is 102 Å². The second-order valence-corrected chi connectivity index (χ2v) is 5.04. The Balaban J connectivity index is 2.77. The van der Waals surface area contributed by atoms with E-state index in [4.69, 9.17) is 5.11 Å². The second-order valence-electron chi connectivity index (χ2n) is 3.54. The number of alkyl halides is 3. The Morgan fingerprint density at radius 1 is 1.33 bits per heavy atom. The number of phenolic OH excluding ortho intramolecular Hbond substituents is 1. The summed E-state index contributed by atoms with van der Waals surface area (Å²) in [6.07, 6.45) is -4.63. The molecule has 3 N–H and O–H groups in total. The first-order valence-electron chi connectivity index (χ1n) is 4.73. The average Bonchev–Trinajstić information content (AvgIpc) is 2.19. The van der Waals surface area contributed by atoms with Crippen molar-refractivity contribution in [3.63, 3.8) is 0 Å². The van der Waals surface area contributed by atoms with Gasteiger partial charge in [0.15, 0.2) is 0 Å². The van der Waals surface area contributed by atoms with Crippen molar-refractivity contribution in [1.29, 1.82) is 0 Å². The van der Waals surface area contributed by atoms with E-state index in [2.05, 4.69) is 0 Å². The summed E-state index contributed by atoms with van der Waals surface area (Å²) in [6, 6.07) is 3.74. The molecule has 1 rings (SSSR count). The molecule has 0 radical (unpaired) electrons. The zero-order chi connectivity index (χ0) is 14.0. The monoisotopic (exact) mass is 284 g/mol. The molecule has 18 heavy (non-hydrogen) atoms. The van der Waals surface area contributed by atoms with Crippen LogP contribution in [0.5, 0.6) is 5.75 Å². The van der Waals surface area contributed by atoms with Crippen LogP contribution in [0.3, 0.4) is 0 Å². The summed E-state index contributed by atoms with van der Waals surface area (Å²) < 4.78 is 61.5. The highest BCUT2D eigenvalue weighted by molar-refractivity contribution is 7.90. The molecule has 0 aliphatic heterocycles. The van der Waals surface area contributed by atoms with Gasteiger partial charge in [0.25, 0.3) is 10.2 Å². The average molecular weight is 284 g/mol. The summed E-state index contributed by atoms with van der Waals surface area (Å²) in [4.78, 5) is 0. The van der Waals surface area contributed by atoms with Crippen molar-refractivity contribution in [3.8, 4) is 5.75 Å². The smallest absolute Gasteiger partial charge is 0.402 e. The zero-order valence-corrected chi connectivity index (χ0v) is 10.1. The number of hydrogen-bond donors (Lipinski definition) is 3. The molecule has 0 saturated carbocycles. The van der Waals surface area contributed by atoms with Crippen LogP contribution in [0.1, 0.15) is 5.56 Å². The molecule has 0 heterocycles. The fraction of sp³-hybridized carbons (Fsp3) is 0.333. The van der Waals surface area contributed by atoms with Crippen LogP contribution in [0.25, 0.3) is 0 Å². The largest absolute Gasteiger partial charge is 0.508 e. The van der Waals surface area contributed by atoms with Gasteiger partial charge in [-0.05, 0) is 30.7 Å². The molecule has 5 nitrogen and oxygen atoms in total. The first-order valence-corrected chi connectivity index (χ1v) is 6.21. The van der Waals surface area contributed by atoms with Crippen LogP contribution in [0, 0.1) is 6.92 Å². The number of halogens is 3. The molecule has 0 saturated heterocycles. The summed E-state index contributed by atoms with van der Waals surface area (Å²) in [7, 11) is -4.30. The predicted molar refractivity (Wildman–Crippen MR) is 59.4 cm³/mol. The fourth-order valence-electron chi connectivity index (χ4n) is 1.12. The topological polar surface area (TPSA) is 78.4 Å². The van der Waals surface area contributed by atoms with Gasteiger partial charge in [0.1, 0.15) is 12.3 Å². The molecule has 0 aromatic heterocycles. The van der Waals surface area contributed by atoms with Gasteiger partial charge >= 0.3 is 6.18 Å². The summed E-state index contributed by atoms with van der Waals surface area (Å²) in [6.45, 7) is -0.152. The molecule has 0 bridgehead atoms. The van der Waals surface area contributed by atoms with Crippen molar-refractivity contribution in [2.24, 2.45) is 0 Å². The number of hydrogen-bond acceptors (Lipinski definition) is 3. The molecule has 0 aliphatic rings. The number of nitrogens with one attached hydrogen (secondary N) is 2. The minimum atomic E-state index is -4.63. The fourth-order valence-corrected chi connectivity index (χ4v) is 2.06. The molecule has 0 atom stereocenters. The van der Waals surface area contributed by atoms with Gasteiger partial charge in [-0.1, -0.05) is 0 Å². The highest BCUT2D eigenvalue weighted by Crippen LogP contribution is 2.21. The maximum absolute atomic E-state index is 11.9. The molecule has 9 heteroatoms. The van der Waals surface area contributed by atoms with Crippen molar-refractivity contribution in [2.75, 3.05) is 11.3 Å². The molecular formula is C9H11F3N2O3S. The highest BCUT2D eigenvalue weighted by Gasteiger charge is 2.29. The van der Waals surface area contributed by atoms with Gasteiger partial charge in [-0.15, -0.1) is 0 Å². The van der Waals surface area contributed by atoms with Crippen molar-refractivity contribution in [2.45, 2.75) is 13.1 Å². The van der Waals surface area contributed by atoms with Crippen molar-refractivity contribution in [1.82, 2.24) is 4.72 Å². The van der Waals surface area contributed by atoms with E-state index in [-0.39, 0.29) is 11.4 Å². The highest BCUT2D eigenvalue weighted by atomic mass is 32.2. The van der Waals surface area contributed by atoms with Gasteiger partial charge in [0.05, 0.1) is 5.69 Å². The molecule has 0 spiro atoms. The molecule has 0 unspecified atom stereocenters. The van der Waals surface area contributed by atoms with Crippen LogP contribution in [-0.4, -0.2) is 26.2 Å². The number of anilines is 1. The van der Waals surface area contributed by atoms with E-state index in [1.165, 1.54) is 29.8 Å². The molecule has 0 fully saturated rings. The van der Waals surface area contributed by atoms with Gasteiger partial charge in [-0.2, -0.15) is 26.3 Å². The van der Waals surface area contributed by atoms with Crippen LogP contribution >= 0.6 is 0 Å². The first kappa shape index (κ1) is 14.6. The lowest BCUT2D eigenvalue weighted by atomic mass is 10.2. The van der Waals surface area contributed by atoms with E-state index >= 15 is 0 Å². The summed E-state index contributed by atoms with van der Waals surface area (Å²) >= 11 is 0. The normalized spacial score (nSPS) is 12.4. The second kappa shape index (κ2) is 5.02. The predicted octanol–water partition coefficient (Wildman–Crippen LogP) is 1.51.